The Kier molecular flexibility index (Phi) is 4.01. The highest BCUT2D eigenvalue weighted by Crippen LogP contribution is 2.36. The van der Waals surface area contributed by atoms with E-state index in [4.69, 9.17) is 5.26 Å². The molecule has 1 atom stereocenters. The van der Waals surface area contributed by atoms with E-state index in [1.54, 1.807) is 24.8 Å². The van der Waals surface area contributed by atoms with Crippen molar-refractivity contribution in [3.63, 3.8) is 0 Å². The number of nitrogens with zero attached hydrogens (tertiary/aromatic N) is 1. The van der Waals surface area contributed by atoms with E-state index in [1.807, 2.05) is 12.1 Å². The summed E-state index contributed by atoms with van der Waals surface area (Å²) in [7, 11) is 0. The molecule has 0 bridgehead atoms. The molecule has 0 fully saturated rings. The van der Waals surface area contributed by atoms with Gasteiger partial charge in [0.1, 0.15) is 0 Å². The predicted molar refractivity (Wildman–Crippen MR) is 84.4 cm³/mol. The summed E-state index contributed by atoms with van der Waals surface area (Å²) in [5.41, 5.74) is 4.40. The summed E-state index contributed by atoms with van der Waals surface area (Å²) in [6, 6.07) is 14.2. The molecule has 0 spiro atoms. The van der Waals surface area contributed by atoms with Crippen LogP contribution >= 0.6 is 11.8 Å². The minimum atomic E-state index is -0.533. The molecular weight excluding hydrogens is 278 g/mol. The van der Waals surface area contributed by atoms with E-state index in [1.165, 1.54) is 28.9 Å². The van der Waals surface area contributed by atoms with Crippen LogP contribution in [0.15, 0.2) is 46.2 Å². The number of benzene rings is 2. The van der Waals surface area contributed by atoms with Gasteiger partial charge in [-0.25, -0.2) is 0 Å². The van der Waals surface area contributed by atoms with Crippen LogP contribution in [0.3, 0.4) is 0 Å². The molecule has 0 saturated carbocycles. The van der Waals surface area contributed by atoms with Crippen LogP contribution in [0.2, 0.25) is 0 Å². The lowest BCUT2D eigenvalue weighted by Crippen LogP contribution is -1.95. The SMILES string of the molecule is CC(O)c1ccc(C#N)cc1Sc1ccc2c(c1)CCC2. The average molecular weight is 295 g/mol. The standard InChI is InChI=1S/C18H17NOS/c1-12(20)17-8-5-13(11-19)9-18(17)21-16-7-6-14-3-2-4-15(14)10-16/h5-10,12,20H,2-4H2,1H3. The van der Waals surface area contributed by atoms with Gasteiger partial charge in [0.2, 0.25) is 0 Å². The summed E-state index contributed by atoms with van der Waals surface area (Å²) in [6.07, 6.45) is 3.05. The Hall–Kier alpha value is -1.76. The van der Waals surface area contributed by atoms with Crippen LogP contribution in [0.4, 0.5) is 0 Å². The minimum absolute atomic E-state index is 0.533. The molecule has 2 nitrogen and oxygen atoms in total. The van der Waals surface area contributed by atoms with Crippen LogP contribution in [0.1, 0.15) is 41.7 Å². The van der Waals surface area contributed by atoms with Crippen LogP contribution in [0.5, 0.6) is 0 Å². The number of aryl methyl sites for hydroxylation is 2. The molecule has 0 aliphatic heterocycles. The van der Waals surface area contributed by atoms with E-state index in [0.717, 1.165) is 16.9 Å². The number of aliphatic hydroxyl groups excluding tert-OH is 1. The Morgan fingerprint density at radius 1 is 1.14 bits per heavy atom. The lowest BCUT2D eigenvalue weighted by molar-refractivity contribution is 0.196. The number of hydrogen-bond acceptors (Lipinski definition) is 3. The van der Waals surface area contributed by atoms with E-state index < -0.39 is 6.10 Å². The molecule has 1 aliphatic rings. The highest BCUT2D eigenvalue weighted by atomic mass is 32.2. The van der Waals surface area contributed by atoms with Gasteiger partial charge in [-0.2, -0.15) is 5.26 Å². The van der Waals surface area contributed by atoms with Crippen LogP contribution < -0.4 is 0 Å². The largest absolute Gasteiger partial charge is 0.389 e. The molecule has 21 heavy (non-hydrogen) atoms. The van der Waals surface area contributed by atoms with E-state index >= 15 is 0 Å². The first-order valence-corrected chi connectivity index (χ1v) is 8.01. The van der Waals surface area contributed by atoms with Crippen molar-refractivity contribution in [2.75, 3.05) is 0 Å². The summed E-state index contributed by atoms with van der Waals surface area (Å²) in [5, 5.41) is 19.0. The van der Waals surface area contributed by atoms with Crippen molar-refractivity contribution in [2.24, 2.45) is 0 Å². The number of rotatable bonds is 3. The van der Waals surface area contributed by atoms with E-state index in [0.29, 0.717) is 5.56 Å². The van der Waals surface area contributed by atoms with E-state index in [2.05, 4.69) is 24.3 Å². The van der Waals surface area contributed by atoms with Gasteiger partial charge in [0, 0.05) is 9.79 Å². The van der Waals surface area contributed by atoms with Gasteiger partial charge < -0.3 is 5.11 Å². The number of aliphatic hydroxyl groups is 1. The fourth-order valence-corrected chi connectivity index (χ4v) is 3.91. The third-order valence-electron chi connectivity index (χ3n) is 3.89. The summed E-state index contributed by atoms with van der Waals surface area (Å²) >= 11 is 1.63. The Morgan fingerprint density at radius 3 is 2.71 bits per heavy atom. The van der Waals surface area contributed by atoms with Crippen molar-refractivity contribution in [1.29, 1.82) is 5.26 Å². The van der Waals surface area contributed by atoms with Crippen molar-refractivity contribution in [2.45, 2.75) is 42.1 Å². The maximum Gasteiger partial charge on any atom is 0.0992 e. The zero-order valence-corrected chi connectivity index (χ0v) is 12.8. The van der Waals surface area contributed by atoms with Crippen LogP contribution in [0.25, 0.3) is 0 Å². The maximum absolute atomic E-state index is 9.90. The highest BCUT2D eigenvalue weighted by molar-refractivity contribution is 7.99. The molecule has 3 rings (SSSR count). The fourth-order valence-electron chi connectivity index (χ4n) is 2.78. The van der Waals surface area contributed by atoms with Crippen molar-refractivity contribution in [3.8, 4) is 6.07 Å². The molecule has 1 aliphatic carbocycles. The second kappa shape index (κ2) is 5.93. The molecular formula is C18H17NOS. The van der Waals surface area contributed by atoms with E-state index in [-0.39, 0.29) is 0 Å². The van der Waals surface area contributed by atoms with Crippen molar-refractivity contribution < 1.29 is 5.11 Å². The predicted octanol–water partition coefficient (Wildman–Crippen LogP) is 4.25. The number of nitriles is 1. The molecule has 1 unspecified atom stereocenters. The molecule has 0 radical (unpaired) electrons. The zero-order chi connectivity index (χ0) is 14.8. The van der Waals surface area contributed by atoms with Crippen molar-refractivity contribution >= 4 is 11.8 Å². The molecule has 0 amide bonds. The van der Waals surface area contributed by atoms with Crippen LogP contribution in [0, 0.1) is 11.3 Å². The van der Waals surface area contributed by atoms with Gasteiger partial charge in [-0.1, -0.05) is 23.9 Å². The van der Waals surface area contributed by atoms with Gasteiger partial charge in [-0.15, -0.1) is 0 Å². The molecule has 0 aromatic heterocycles. The smallest absolute Gasteiger partial charge is 0.0992 e. The lowest BCUT2D eigenvalue weighted by atomic mass is 10.1. The van der Waals surface area contributed by atoms with Crippen molar-refractivity contribution in [1.82, 2.24) is 0 Å². The Balaban J connectivity index is 1.95. The van der Waals surface area contributed by atoms with Crippen LogP contribution in [-0.2, 0) is 12.8 Å². The van der Waals surface area contributed by atoms with Gasteiger partial charge in [0.05, 0.1) is 17.7 Å². The molecule has 2 aromatic carbocycles. The number of fused-ring (bicyclic) bond motifs is 1. The Labute approximate surface area is 129 Å². The average Bonchev–Trinajstić information content (AvgIpc) is 2.94. The molecule has 2 aromatic rings. The molecule has 0 heterocycles. The first-order valence-electron chi connectivity index (χ1n) is 7.19. The van der Waals surface area contributed by atoms with Gasteiger partial charge in [0.15, 0.2) is 0 Å². The molecule has 0 saturated heterocycles. The third kappa shape index (κ3) is 2.97. The summed E-state index contributed by atoms with van der Waals surface area (Å²) in [5.74, 6) is 0. The van der Waals surface area contributed by atoms with Gasteiger partial charge in [-0.05, 0) is 67.1 Å². The summed E-state index contributed by atoms with van der Waals surface area (Å²) in [4.78, 5) is 2.13. The second-order valence-electron chi connectivity index (χ2n) is 5.43. The summed E-state index contributed by atoms with van der Waals surface area (Å²) < 4.78 is 0. The Morgan fingerprint density at radius 2 is 1.95 bits per heavy atom. The normalized spacial score (nSPS) is 14.5. The zero-order valence-electron chi connectivity index (χ0n) is 12.0. The Bertz CT molecular complexity index is 716. The fraction of sp³-hybridized carbons (Fsp3) is 0.278. The number of hydrogen-bond donors (Lipinski definition) is 1. The monoisotopic (exact) mass is 295 g/mol. The first kappa shape index (κ1) is 14.2. The maximum atomic E-state index is 9.90. The summed E-state index contributed by atoms with van der Waals surface area (Å²) in [6.45, 7) is 1.76. The van der Waals surface area contributed by atoms with E-state index in [9.17, 15) is 5.11 Å². The third-order valence-corrected chi connectivity index (χ3v) is 4.95. The van der Waals surface area contributed by atoms with Gasteiger partial charge in [-0.3, -0.25) is 0 Å². The minimum Gasteiger partial charge on any atom is -0.389 e. The quantitative estimate of drug-likeness (QED) is 0.920. The van der Waals surface area contributed by atoms with Gasteiger partial charge >= 0.3 is 0 Å². The van der Waals surface area contributed by atoms with Crippen molar-refractivity contribution in [3.05, 3.63) is 58.7 Å². The molecule has 106 valence electrons. The van der Waals surface area contributed by atoms with Crippen LogP contribution in [-0.4, -0.2) is 5.11 Å². The molecule has 1 N–H and O–H groups in total. The topological polar surface area (TPSA) is 44.0 Å². The second-order valence-corrected chi connectivity index (χ2v) is 6.54. The van der Waals surface area contributed by atoms with Gasteiger partial charge in [0.25, 0.3) is 0 Å². The highest BCUT2D eigenvalue weighted by Gasteiger charge is 2.14. The first-order chi connectivity index (χ1) is 10.2. The lowest BCUT2D eigenvalue weighted by Gasteiger charge is -2.12. The molecule has 3 heteroatoms.